The van der Waals surface area contributed by atoms with E-state index in [1.807, 2.05) is 6.92 Å². The fourth-order valence-corrected chi connectivity index (χ4v) is 5.45. The van der Waals surface area contributed by atoms with Gasteiger partial charge in [0, 0.05) is 36.1 Å². The van der Waals surface area contributed by atoms with Crippen molar-refractivity contribution in [1.29, 1.82) is 0 Å². The normalized spacial score (nSPS) is 16.0. The third kappa shape index (κ3) is 5.47. The molecule has 3 N–H and O–H groups in total. The first-order chi connectivity index (χ1) is 17.8. The second-order valence-electron chi connectivity index (χ2n) is 8.39. The Morgan fingerprint density at radius 3 is 2.73 bits per heavy atom. The highest BCUT2D eigenvalue weighted by molar-refractivity contribution is 7.92. The summed E-state index contributed by atoms with van der Waals surface area (Å²) in [5.41, 5.74) is 2.26. The number of methoxy groups -OCH3 is 1. The minimum Gasteiger partial charge on any atom is -0.497 e. The van der Waals surface area contributed by atoms with Gasteiger partial charge >= 0.3 is 0 Å². The van der Waals surface area contributed by atoms with Crippen LogP contribution >= 0.6 is 11.6 Å². The van der Waals surface area contributed by atoms with Gasteiger partial charge in [-0.2, -0.15) is 10.1 Å². The van der Waals surface area contributed by atoms with Gasteiger partial charge in [-0.25, -0.2) is 13.4 Å². The first-order valence-corrected chi connectivity index (χ1v) is 13.3. The Morgan fingerprint density at radius 1 is 1.19 bits per heavy atom. The predicted molar refractivity (Wildman–Crippen MR) is 139 cm³/mol. The van der Waals surface area contributed by atoms with Crippen molar-refractivity contribution in [3.63, 3.8) is 0 Å². The minimum atomic E-state index is -3.95. The van der Waals surface area contributed by atoms with Gasteiger partial charge in [0.1, 0.15) is 28.7 Å². The van der Waals surface area contributed by atoms with E-state index in [0.717, 1.165) is 12.2 Å². The van der Waals surface area contributed by atoms with Crippen LogP contribution in [0, 0.1) is 6.92 Å². The van der Waals surface area contributed by atoms with Gasteiger partial charge < -0.3 is 19.5 Å². The van der Waals surface area contributed by atoms with Gasteiger partial charge in [0.25, 0.3) is 10.0 Å². The molecule has 0 bridgehead atoms. The zero-order chi connectivity index (χ0) is 26.0. The van der Waals surface area contributed by atoms with Crippen LogP contribution in [0.4, 0.5) is 5.69 Å². The fraction of sp³-hybridized carbons (Fsp3) is 0.292. The van der Waals surface area contributed by atoms with Crippen LogP contribution in [-0.4, -0.2) is 68.1 Å². The minimum absolute atomic E-state index is 0.0835. The molecular formula is C24H25ClN6O5S. The number of rotatable bonds is 8. The molecule has 2 aromatic carbocycles. The Hall–Kier alpha value is -3.45. The Labute approximate surface area is 218 Å². The van der Waals surface area contributed by atoms with Crippen molar-refractivity contribution in [3.8, 4) is 23.0 Å². The SMILES string of the molecule is COc1ccc(Cl)c(S(=O)(=O)Nc2ccc(-c3nc(OCC4CNCCO4)c4c(C)[nH]nc4n3)cc2)c1. The average molecular weight is 545 g/mol. The maximum absolute atomic E-state index is 12.9. The summed E-state index contributed by atoms with van der Waals surface area (Å²) in [5, 5.41) is 11.3. The third-order valence-corrected chi connectivity index (χ3v) is 7.66. The summed E-state index contributed by atoms with van der Waals surface area (Å²) >= 11 is 6.13. The van der Waals surface area contributed by atoms with Gasteiger partial charge in [0.15, 0.2) is 11.5 Å². The molecule has 1 saturated heterocycles. The van der Waals surface area contributed by atoms with Gasteiger partial charge in [-0.15, -0.1) is 0 Å². The smallest absolute Gasteiger partial charge is 0.263 e. The van der Waals surface area contributed by atoms with Crippen LogP contribution in [0.2, 0.25) is 5.02 Å². The second kappa shape index (κ2) is 10.5. The van der Waals surface area contributed by atoms with Crippen molar-refractivity contribution < 1.29 is 22.6 Å². The largest absolute Gasteiger partial charge is 0.497 e. The number of benzene rings is 2. The summed E-state index contributed by atoms with van der Waals surface area (Å²) in [4.78, 5) is 9.10. The van der Waals surface area contributed by atoms with Crippen LogP contribution in [0.15, 0.2) is 47.4 Å². The number of aryl methyl sites for hydroxylation is 1. The highest BCUT2D eigenvalue weighted by atomic mass is 35.5. The molecule has 2 aromatic heterocycles. The maximum atomic E-state index is 12.9. The number of H-pyrrole nitrogens is 1. The molecular weight excluding hydrogens is 520 g/mol. The lowest BCUT2D eigenvalue weighted by molar-refractivity contribution is -0.000388. The predicted octanol–water partition coefficient (Wildman–Crippen LogP) is 3.16. The van der Waals surface area contributed by atoms with E-state index in [-0.39, 0.29) is 16.0 Å². The molecule has 13 heteroatoms. The van der Waals surface area contributed by atoms with Crippen molar-refractivity contribution in [2.75, 3.05) is 38.1 Å². The van der Waals surface area contributed by atoms with E-state index in [4.69, 9.17) is 25.8 Å². The topological polar surface area (TPSA) is 140 Å². The zero-order valence-electron chi connectivity index (χ0n) is 20.1. The molecule has 1 aliphatic rings. The fourth-order valence-electron chi connectivity index (χ4n) is 3.88. The molecule has 1 fully saturated rings. The van der Waals surface area contributed by atoms with Crippen molar-refractivity contribution in [3.05, 3.63) is 53.2 Å². The Kier molecular flexibility index (Phi) is 7.15. The Morgan fingerprint density at radius 2 is 2.00 bits per heavy atom. The highest BCUT2D eigenvalue weighted by Gasteiger charge is 2.21. The van der Waals surface area contributed by atoms with Crippen LogP contribution in [0.3, 0.4) is 0 Å². The van der Waals surface area contributed by atoms with Crippen molar-refractivity contribution in [2.24, 2.45) is 0 Å². The summed E-state index contributed by atoms with van der Waals surface area (Å²) in [7, 11) is -2.50. The number of hydrogen-bond acceptors (Lipinski definition) is 9. The molecule has 0 aliphatic carbocycles. The lowest BCUT2D eigenvalue weighted by Crippen LogP contribution is -2.41. The summed E-state index contributed by atoms with van der Waals surface area (Å²) in [6.45, 7) is 4.35. The number of aromatic nitrogens is 4. The van der Waals surface area contributed by atoms with Gasteiger partial charge in [-0.3, -0.25) is 9.82 Å². The molecule has 0 saturated carbocycles. The van der Waals surface area contributed by atoms with Crippen molar-refractivity contribution in [1.82, 2.24) is 25.5 Å². The van der Waals surface area contributed by atoms with Crippen molar-refractivity contribution >= 4 is 38.3 Å². The van der Waals surface area contributed by atoms with E-state index < -0.39 is 10.0 Å². The van der Waals surface area contributed by atoms with E-state index in [2.05, 4.69) is 30.2 Å². The quantitative estimate of drug-likeness (QED) is 0.305. The first-order valence-electron chi connectivity index (χ1n) is 11.5. The standard InChI is InChI=1S/C24H25ClN6O5S/c1-14-21-23(30-29-14)27-22(28-24(21)36-13-18-12-26-9-10-35-18)15-3-5-16(6-4-15)31-37(32,33)20-11-17(34-2)7-8-19(20)25/h3-8,11,18,26,31H,9-10,12-13H2,1-2H3,(H,27,28,29,30). The van der Waals surface area contributed by atoms with Gasteiger partial charge in [0.05, 0.1) is 18.7 Å². The second-order valence-corrected chi connectivity index (χ2v) is 10.4. The van der Waals surface area contributed by atoms with Gasteiger partial charge in [0.2, 0.25) is 5.88 Å². The number of sulfonamides is 1. The number of aromatic amines is 1. The lowest BCUT2D eigenvalue weighted by atomic mass is 10.2. The molecule has 37 heavy (non-hydrogen) atoms. The van der Waals surface area contributed by atoms with E-state index in [1.54, 1.807) is 30.3 Å². The highest BCUT2D eigenvalue weighted by Crippen LogP contribution is 2.30. The number of halogens is 1. The number of nitrogens with zero attached hydrogens (tertiary/aromatic N) is 3. The van der Waals surface area contributed by atoms with Gasteiger partial charge in [-0.1, -0.05) is 11.6 Å². The molecule has 5 rings (SSSR count). The van der Waals surface area contributed by atoms with Crippen molar-refractivity contribution in [2.45, 2.75) is 17.9 Å². The van der Waals surface area contributed by atoms with Gasteiger partial charge in [-0.05, 0) is 43.3 Å². The monoisotopic (exact) mass is 544 g/mol. The van der Waals surface area contributed by atoms with Crippen LogP contribution < -0.4 is 19.5 Å². The van der Waals surface area contributed by atoms with Crippen LogP contribution in [0.1, 0.15) is 5.69 Å². The molecule has 4 aromatic rings. The molecule has 1 atom stereocenters. The number of fused-ring (bicyclic) bond motifs is 1. The molecule has 11 nitrogen and oxygen atoms in total. The molecule has 0 amide bonds. The van der Waals surface area contributed by atoms with Crippen LogP contribution in [0.5, 0.6) is 11.6 Å². The van der Waals surface area contributed by atoms with E-state index in [0.29, 0.717) is 59.5 Å². The van der Waals surface area contributed by atoms with E-state index in [9.17, 15) is 8.42 Å². The van der Waals surface area contributed by atoms with E-state index >= 15 is 0 Å². The molecule has 0 radical (unpaired) electrons. The number of nitrogens with one attached hydrogen (secondary N) is 3. The number of ether oxygens (including phenoxy) is 3. The Balaban J connectivity index is 1.39. The average Bonchev–Trinajstić information content (AvgIpc) is 3.29. The number of anilines is 1. The molecule has 0 spiro atoms. The van der Waals surface area contributed by atoms with Crippen LogP contribution in [-0.2, 0) is 14.8 Å². The number of morpholine rings is 1. The molecule has 3 heterocycles. The van der Waals surface area contributed by atoms with E-state index in [1.165, 1.54) is 19.2 Å². The summed E-state index contributed by atoms with van der Waals surface area (Å²) in [6, 6.07) is 11.1. The summed E-state index contributed by atoms with van der Waals surface area (Å²) in [6.07, 6.45) is -0.0835. The lowest BCUT2D eigenvalue weighted by Gasteiger charge is -2.23. The van der Waals surface area contributed by atoms with Crippen LogP contribution in [0.25, 0.3) is 22.4 Å². The molecule has 1 unspecified atom stereocenters. The Bertz CT molecular complexity index is 1520. The zero-order valence-corrected chi connectivity index (χ0v) is 21.7. The first kappa shape index (κ1) is 25.2. The maximum Gasteiger partial charge on any atom is 0.263 e. The third-order valence-electron chi connectivity index (χ3n) is 5.79. The molecule has 194 valence electrons. The number of hydrogen-bond donors (Lipinski definition) is 3. The molecule has 1 aliphatic heterocycles. The summed E-state index contributed by atoms with van der Waals surface area (Å²) < 4.78 is 45.3. The summed E-state index contributed by atoms with van der Waals surface area (Å²) in [5.74, 6) is 1.17.